The molecule has 0 aromatic carbocycles. The molecule has 0 bridgehead atoms. The maximum atomic E-state index is 5.87. The molecule has 0 aliphatic heterocycles. The molecule has 0 unspecified atom stereocenters. The predicted octanol–water partition coefficient (Wildman–Crippen LogP) is 2.99. The molecule has 17 heavy (non-hydrogen) atoms. The number of hydrogen-bond acceptors (Lipinski definition) is 3. The summed E-state index contributed by atoms with van der Waals surface area (Å²) >= 11 is 5.87. The Morgan fingerprint density at radius 3 is 2.71 bits per heavy atom. The van der Waals surface area contributed by atoms with Gasteiger partial charge in [0.05, 0.1) is 6.61 Å². The zero-order valence-electron chi connectivity index (χ0n) is 10.9. The lowest BCUT2D eigenvalue weighted by atomic mass is 10.2. The van der Waals surface area contributed by atoms with E-state index < -0.39 is 0 Å². The summed E-state index contributed by atoms with van der Waals surface area (Å²) in [6.07, 6.45) is 0. The summed E-state index contributed by atoms with van der Waals surface area (Å²) in [5, 5.41) is 0. The number of ether oxygens (including phenoxy) is 1. The smallest absolute Gasteiger partial charge is 0.129 e. The van der Waals surface area contributed by atoms with Gasteiger partial charge in [-0.25, -0.2) is 4.98 Å². The summed E-state index contributed by atoms with van der Waals surface area (Å²) in [6, 6.07) is 4.07. The van der Waals surface area contributed by atoms with Crippen LogP contribution in [-0.2, 0) is 10.6 Å². The van der Waals surface area contributed by atoms with Gasteiger partial charge >= 0.3 is 0 Å². The zero-order valence-corrected chi connectivity index (χ0v) is 11.6. The van der Waals surface area contributed by atoms with Crippen LogP contribution in [0.3, 0.4) is 0 Å². The van der Waals surface area contributed by atoms with Gasteiger partial charge in [-0.1, -0.05) is 0 Å². The Labute approximate surface area is 109 Å². The van der Waals surface area contributed by atoms with Crippen LogP contribution in [0.4, 0.5) is 5.82 Å². The van der Waals surface area contributed by atoms with Crippen LogP contribution in [0.15, 0.2) is 12.1 Å². The number of aromatic nitrogens is 1. The Balaban J connectivity index is 2.76. The predicted molar refractivity (Wildman–Crippen MR) is 72.9 cm³/mol. The first-order chi connectivity index (χ1) is 8.21. The Morgan fingerprint density at radius 2 is 2.12 bits per heavy atom. The van der Waals surface area contributed by atoms with Gasteiger partial charge in [0.2, 0.25) is 0 Å². The number of rotatable bonds is 7. The van der Waals surface area contributed by atoms with E-state index in [1.165, 1.54) is 0 Å². The summed E-state index contributed by atoms with van der Waals surface area (Å²) in [4.78, 5) is 6.75. The van der Waals surface area contributed by atoms with E-state index in [0.717, 1.165) is 43.4 Å². The third-order valence-electron chi connectivity index (χ3n) is 2.57. The third-order valence-corrected chi connectivity index (χ3v) is 2.88. The first kappa shape index (κ1) is 14.3. The first-order valence-corrected chi connectivity index (χ1v) is 6.60. The average Bonchev–Trinajstić information content (AvgIpc) is 2.34. The minimum Gasteiger partial charge on any atom is -0.380 e. The van der Waals surface area contributed by atoms with Gasteiger partial charge < -0.3 is 9.64 Å². The molecule has 0 N–H and O–H groups in total. The van der Waals surface area contributed by atoms with E-state index in [4.69, 9.17) is 16.3 Å². The van der Waals surface area contributed by atoms with Crippen molar-refractivity contribution >= 4 is 17.4 Å². The van der Waals surface area contributed by atoms with Gasteiger partial charge in [-0.05, 0) is 38.5 Å². The van der Waals surface area contributed by atoms with E-state index in [1.807, 2.05) is 19.9 Å². The van der Waals surface area contributed by atoms with Crippen molar-refractivity contribution in [2.75, 3.05) is 31.2 Å². The monoisotopic (exact) mass is 256 g/mol. The molecule has 1 aromatic heterocycles. The second-order valence-electron chi connectivity index (χ2n) is 3.89. The van der Waals surface area contributed by atoms with Crippen molar-refractivity contribution in [3.05, 3.63) is 23.4 Å². The van der Waals surface area contributed by atoms with Crippen molar-refractivity contribution in [3.8, 4) is 0 Å². The van der Waals surface area contributed by atoms with E-state index in [0.29, 0.717) is 5.88 Å². The lowest BCUT2D eigenvalue weighted by Crippen LogP contribution is -2.28. The number of aryl methyl sites for hydroxylation is 1. The number of pyridine rings is 1. The topological polar surface area (TPSA) is 25.4 Å². The fourth-order valence-electron chi connectivity index (χ4n) is 1.71. The Bertz CT molecular complexity index is 344. The van der Waals surface area contributed by atoms with Gasteiger partial charge in [0.25, 0.3) is 0 Å². The van der Waals surface area contributed by atoms with Crippen molar-refractivity contribution in [2.24, 2.45) is 0 Å². The van der Waals surface area contributed by atoms with Crippen molar-refractivity contribution in [2.45, 2.75) is 26.7 Å². The first-order valence-electron chi connectivity index (χ1n) is 6.07. The molecule has 0 atom stereocenters. The fourth-order valence-corrected chi connectivity index (χ4v) is 1.87. The Hall–Kier alpha value is -0.800. The van der Waals surface area contributed by atoms with E-state index in [1.54, 1.807) is 0 Å². The van der Waals surface area contributed by atoms with Crippen molar-refractivity contribution in [1.82, 2.24) is 4.98 Å². The number of hydrogen-bond donors (Lipinski definition) is 0. The number of halogens is 1. The van der Waals surface area contributed by atoms with E-state index >= 15 is 0 Å². The summed E-state index contributed by atoms with van der Waals surface area (Å²) in [6.45, 7) is 9.40. The highest BCUT2D eigenvalue weighted by atomic mass is 35.5. The molecule has 0 aliphatic carbocycles. The van der Waals surface area contributed by atoms with E-state index in [-0.39, 0.29) is 0 Å². The van der Waals surface area contributed by atoms with Crippen molar-refractivity contribution < 1.29 is 4.74 Å². The van der Waals surface area contributed by atoms with Crippen LogP contribution >= 0.6 is 11.6 Å². The molecule has 96 valence electrons. The number of alkyl halides is 1. The molecule has 4 heteroatoms. The lowest BCUT2D eigenvalue weighted by molar-refractivity contribution is 0.154. The second-order valence-corrected chi connectivity index (χ2v) is 4.15. The van der Waals surface area contributed by atoms with Crippen LogP contribution in [-0.4, -0.2) is 31.3 Å². The number of anilines is 1. The third kappa shape index (κ3) is 4.52. The molecule has 1 aromatic rings. The maximum Gasteiger partial charge on any atom is 0.129 e. The summed E-state index contributed by atoms with van der Waals surface area (Å²) < 4.78 is 5.38. The number of nitrogens with zero attached hydrogens (tertiary/aromatic N) is 2. The van der Waals surface area contributed by atoms with E-state index in [2.05, 4.69) is 22.9 Å². The molecule has 1 heterocycles. The minimum atomic E-state index is 0.527. The summed E-state index contributed by atoms with van der Waals surface area (Å²) in [7, 11) is 0. The quantitative estimate of drug-likeness (QED) is 0.554. The SMILES string of the molecule is CCOCCN(CC)c1cc(CCl)cc(C)n1. The van der Waals surface area contributed by atoms with Gasteiger partial charge in [0, 0.05) is 31.3 Å². The highest BCUT2D eigenvalue weighted by Gasteiger charge is 2.07. The minimum absolute atomic E-state index is 0.527. The summed E-state index contributed by atoms with van der Waals surface area (Å²) in [5.74, 6) is 1.52. The molecule has 0 saturated carbocycles. The summed E-state index contributed by atoms with van der Waals surface area (Å²) in [5.41, 5.74) is 2.12. The van der Waals surface area contributed by atoms with Crippen LogP contribution in [0.5, 0.6) is 0 Å². The molecular formula is C13H21ClN2O. The average molecular weight is 257 g/mol. The molecule has 0 radical (unpaired) electrons. The molecule has 0 spiro atoms. The zero-order chi connectivity index (χ0) is 12.7. The molecular weight excluding hydrogens is 236 g/mol. The van der Waals surface area contributed by atoms with Crippen molar-refractivity contribution in [1.29, 1.82) is 0 Å². The molecule has 0 amide bonds. The maximum absolute atomic E-state index is 5.87. The van der Waals surface area contributed by atoms with Gasteiger partial charge in [-0.3, -0.25) is 0 Å². The van der Waals surface area contributed by atoms with Gasteiger partial charge in [-0.15, -0.1) is 11.6 Å². The Morgan fingerprint density at radius 1 is 1.35 bits per heavy atom. The second kappa shape index (κ2) is 7.51. The highest BCUT2D eigenvalue weighted by molar-refractivity contribution is 6.17. The molecule has 0 fully saturated rings. The largest absolute Gasteiger partial charge is 0.380 e. The standard InChI is InChI=1S/C13H21ClN2O/c1-4-16(6-7-17-5-2)13-9-12(10-14)8-11(3)15-13/h8-9H,4-7,10H2,1-3H3. The van der Waals surface area contributed by atoms with Crippen molar-refractivity contribution in [3.63, 3.8) is 0 Å². The van der Waals surface area contributed by atoms with Crippen LogP contribution < -0.4 is 4.90 Å². The molecule has 3 nitrogen and oxygen atoms in total. The van der Waals surface area contributed by atoms with Gasteiger partial charge in [0.15, 0.2) is 0 Å². The Kier molecular flexibility index (Phi) is 6.30. The van der Waals surface area contributed by atoms with Crippen LogP contribution in [0.1, 0.15) is 25.1 Å². The molecule has 1 rings (SSSR count). The number of likely N-dealkylation sites (N-methyl/N-ethyl adjacent to an activating group) is 1. The lowest BCUT2D eigenvalue weighted by Gasteiger charge is -2.22. The fraction of sp³-hybridized carbons (Fsp3) is 0.615. The van der Waals surface area contributed by atoms with E-state index in [9.17, 15) is 0 Å². The van der Waals surface area contributed by atoms with Crippen LogP contribution in [0, 0.1) is 6.92 Å². The molecule has 0 saturated heterocycles. The highest BCUT2D eigenvalue weighted by Crippen LogP contribution is 2.16. The van der Waals surface area contributed by atoms with Crippen LogP contribution in [0.2, 0.25) is 0 Å². The van der Waals surface area contributed by atoms with Gasteiger partial charge in [0.1, 0.15) is 5.82 Å². The van der Waals surface area contributed by atoms with Gasteiger partial charge in [-0.2, -0.15) is 0 Å². The van der Waals surface area contributed by atoms with Crippen LogP contribution in [0.25, 0.3) is 0 Å². The molecule has 0 aliphatic rings. The normalized spacial score (nSPS) is 10.6.